The highest BCUT2D eigenvalue weighted by Gasteiger charge is 2.33. The molecule has 122 valence electrons. The zero-order valence-corrected chi connectivity index (χ0v) is 13.9. The fourth-order valence-electron chi connectivity index (χ4n) is 3.21. The summed E-state index contributed by atoms with van der Waals surface area (Å²) in [5, 5.41) is 3.41. The maximum absolute atomic E-state index is 12.7. The summed E-state index contributed by atoms with van der Waals surface area (Å²) >= 11 is 0. The van der Waals surface area contributed by atoms with Gasteiger partial charge in [0, 0.05) is 26.2 Å². The topological polar surface area (TPSA) is 41.6 Å². The Morgan fingerprint density at radius 2 is 2.14 bits per heavy atom. The van der Waals surface area contributed by atoms with Crippen LogP contribution in [0.4, 0.5) is 0 Å². The molecule has 4 nitrogen and oxygen atoms in total. The summed E-state index contributed by atoms with van der Waals surface area (Å²) in [6.07, 6.45) is 1.91. The van der Waals surface area contributed by atoms with Crippen LogP contribution in [0.15, 0.2) is 24.3 Å². The van der Waals surface area contributed by atoms with E-state index in [0.717, 1.165) is 39.1 Å². The smallest absolute Gasteiger partial charge is 0.228 e. The van der Waals surface area contributed by atoms with E-state index in [-0.39, 0.29) is 30.3 Å². The average molecular weight is 325 g/mol. The van der Waals surface area contributed by atoms with E-state index in [4.69, 9.17) is 4.74 Å². The van der Waals surface area contributed by atoms with Gasteiger partial charge in [0.05, 0.1) is 18.6 Å². The first kappa shape index (κ1) is 17.3. The predicted octanol–water partition coefficient (Wildman–Crippen LogP) is 2.18. The molecule has 1 aromatic carbocycles. The van der Waals surface area contributed by atoms with Gasteiger partial charge in [-0.15, -0.1) is 12.4 Å². The third-order valence-corrected chi connectivity index (χ3v) is 4.58. The van der Waals surface area contributed by atoms with Crippen molar-refractivity contribution in [1.82, 2.24) is 10.2 Å². The minimum atomic E-state index is 0. The van der Waals surface area contributed by atoms with Crippen LogP contribution in [0.1, 0.15) is 30.5 Å². The molecule has 3 rings (SSSR count). The number of benzene rings is 1. The van der Waals surface area contributed by atoms with Crippen molar-refractivity contribution in [3.63, 3.8) is 0 Å². The van der Waals surface area contributed by atoms with Crippen LogP contribution in [0.2, 0.25) is 0 Å². The lowest BCUT2D eigenvalue weighted by molar-refractivity contribution is -0.139. The number of piperazine rings is 1. The van der Waals surface area contributed by atoms with Gasteiger partial charge in [0.1, 0.15) is 0 Å². The number of hydrogen-bond donors (Lipinski definition) is 1. The van der Waals surface area contributed by atoms with E-state index in [0.29, 0.717) is 6.61 Å². The van der Waals surface area contributed by atoms with Gasteiger partial charge in [-0.05, 0) is 24.0 Å². The highest BCUT2D eigenvalue weighted by molar-refractivity contribution is 5.85. The van der Waals surface area contributed by atoms with Crippen LogP contribution in [-0.4, -0.2) is 43.7 Å². The first-order chi connectivity index (χ1) is 10.3. The van der Waals surface area contributed by atoms with Crippen LogP contribution >= 0.6 is 12.4 Å². The highest BCUT2D eigenvalue weighted by atomic mass is 35.5. The number of carbonyl (C=O) groups is 1. The van der Waals surface area contributed by atoms with Crippen molar-refractivity contribution < 1.29 is 9.53 Å². The fourth-order valence-corrected chi connectivity index (χ4v) is 3.21. The maximum Gasteiger partial charge on any atom is 0.228 e. The second-order valence-corrected chi connectivity index (χ2v) is 5.91. The maximum atomic E-state index is 12.7. The molecular weight excluding hydrogens is 300 g/mol. The van der Waals surface area contributed by atoms with Gasteiger partial charge in [-0.2, -0.15) is 0 Å². The van der Waals surface area contributed by atoms with Crippen LogP contribution in [0.5, 0.6) is 0 Å². The van der Waals surface area contributed by atoms with Crippen molar-refractivity contribution in [2.45, 2.75) is 25.8 Å². The minimum Gasteiger partial charge on any atom is -0.381 e. The third kappa shape index (κ3) is 3.62. The van der Waals surface area contributed by atoms with Crippen molar-refractivity contribution in [3.8, 4) is 0 Å². The Kier molecular flexibility index (Phi) is 6.24. The lowest BCUT2D eigenvalue weighted by Gasteiger charge is -2.38. The molecule has 2 unspecified atom stereocenters. The molecule has 0 spiro atoms. The third-order valence-electron chi connectivity index (χ3n) is 4.58. The van der Waals surface area contributed by atoms with E-state index in [1.54, 1.807) is 0 Å². The Balaban J connectivity index is 0.00000176. The van der Waals surface area contributed by atoms with Crippen LogP contribution in [0, 0.1) is 5.92 Å². The SMILES string of the molecule is CCc1ccc(C2CNCCN2C(=O)C2CCOC2)cc1.Cl. The summed E-state index contributed by atoms with van der Waals surface area (Å²) in [4.78, 5) is 14.8. The molecule has 1 N–H and O–H groups in total. The molecule has 5 heteroatoms. The van der Waals surface area contributed by atoms with Gasteiger partial charge >= 0.3 is 0 Å². The van der Waals surface area contributed by atoms with E-state index >= 15 is 0 Å². The summed E-state index contributed by atoms with van der Waals surface area (Å²) in [6, 6.07) is 8.83. The van der Waals surface area contributed by atoms with E-state index < -0.39 is 0 Å². The zero-order valence-electron chi connectivity index (χ0n) is 13.1. The van der Waals surface area contributed by atoms with Crippen LogP contribution < -0.4 is 5.32 Å². The van der Waals surface area contributed by atoms with E-state index in [2.05, 4.69) is 41.4 Å². The molecule has 2 atom stereocenters. The van der Waals surface area contributed by atoms with Crippen molar-refractivity contribution in [2.24, 2.45) is 5.92 Å². The van der Waals surface area contributed by atoms with Crippen molar-refractivity contribution in [2.75, 3.05) is 32.8 Å². The summed E-state index contributed by atoms with van der Waals surface area (Å²) in [5.74, 6) is 0.319. The second-order valence-electron chi connectivity index (χ2n) is 5.91. The molecule has 1 amide bonds. The number of nitrogens with zero attached hydrogens (tertiary/aromatic N) is 1. The minimum absolute atomic E-state index is 0. The molecule has 22 heavy (non-hydrogen) atoms. The lowest BCUT2D eigenvalue weighted by Crippen LogP contribution is -2.50. The Morgan fingerprint density at radius 3 is 2.77 bits per heavy atom. The Morgan fingerprint density at radius 1 is 1.36 bits per heavy atom. The van der Waals surface area contributed by atoms with Crippen LogP contribution in [0.25, 0.3) is 0 Å². The second kappa shape index (κ2) is 7.95. The number of ether oxygens (including phenoxy) is 1. The molecule has 2 aliphatic rings. The fraction of sp³-hybridized carbons (Fsp3) is 0.588. The van der Waals surface area contributed by atoms with E-state index in [1.807, 2.05) is 0 Å². The van der Waals surface area contributed by atoms with Gasteiger partial charge in [-0.3, -0.25) is 4.79 Å². The number of halogens is 1. The van der Waals surface area contributed by atoms with Gasteiger partial charge in [-0.1, -0.05) is 31.2 Å². The molecule has 0 bridgehead atoms. The first-order valence-corrected chi connectivity index (χ1v) is 7.97. The first-order valence-electron chi connectivity index (χ1n) is 7.97. The number of rotatable bonds is 3. The van der Waals surface area contributed by atoms with Gasteiger partial charge in [0.25, 0.3) is 0 Å². The standard InChI is InChI=1S/C17H24N2O2.ClH/c1-2-13-3-5-14(6-4-13)16-11-18-8-9-19(16)17(20)15-7-10-21-12-15;/h3-6,15-16,18H,2,7-12H2,1H3;1H. The Labute approximate surface area is 138 Å². The molecule has 0 aromatic heterocycles. The number of carbonyl (C=O) groups excluding carboxylic acids is 1. The highest BCUT2D eigenvalue weighted by Crippen LogP contribution is 2.26. The summed E-state index contributed by atoms with van der Waals surface area (Å²) in [5.41, 5.74) is 2.57. The van der Waals surface area contributed by atoms with E-state index in [9.17, 15) is 4.79 Å². The van der Waals surface area contributed by atoms with Gasteiger partial charge in [0.2, 0.25) is 5.91 Å². The summed E-state index contributed by atoms with van der Waals surface area (Å²) < 4.78 is 5.38. The zero-order chi connectivity index (χ0) is 14.7. The lowest BCUT2D eigenvalue weighted by atomic mass is 9.98. The number of nitrogens with one attached hydrogen (secondary N) is 1. The molecule has 0 aliphatic carbocycles. The largest absolute Gasteiger partial charge is 0.381 e. The summed E-state index contributed by atoms with van der Waals surface area (Å²) in [7, 11) is 0. The predicted molar refractivity (Wildman–Crippen MR) is 89.3 cm³/mol. The van der Waals surface area contributed by atoms with Gasteiger partial charge in [-0.25, -0.2) is 0 Å². The Hall–Kier alpha value is -1.10. The van der Waals surface area contributed by atoms with E-state index in [1.165, 1.54) is 11.1 Å². The molecule has 2 fully saturated rings. The quantitative estimate of drug-likeness (QED) is 0.926. The molecule has 0 saturated carbocycles. The van der Waals surface area contributed by atoms with Crippen molar-refractivity contribution in [3.05, 3.63) is 35.4 Å². The number of hydrogen-bond acceptors (Lipinski definition) is 3. The number of aryl methyl sites for hydroxylation is 1. The molecule has 0 radical (unpaired) electrons. The average Bonchev–Trinajstić information content (AvgIpc) is 3.09. The molecular formula is C17H25ClN2O2. The number of amides is 1. The van der Waals surface area contributed by atoms with Gasteiger partial charge in [0.15, 0.2) is 0 Å². The van der Waals surface area contributed by atoms with Crippen molar-refractivity contribution in [1.29, 1.82) is 0 Å². The van der Waals surface area contributed by atoms with Crippen LogP contribution in [0.3, 0.4) is 0 Å². The van der Waals surface area contributed by atoms with Crippen LogP contribution in [-0.2, 0) is 16.0 Å². The molecule has 1 aromatic rings. The molecule has 2 saturated heterocycles. The molecule has 2 aliphatic heterocycles. The monoisotopic (exact) mass is 324 g/mol. The molecule has 2 heterocycles. The van der Waals surface area contributed by atoms with Gasteiger partial charge < -0.3 is 15.0 Å². The Bertz CT molecular complexity index is 486. The van der Waals surface area contributed by atoms with Crippen molar-refractivity contribution >= 4 is 18.3 Å². The normalized spacial score (nSPS) is 24.9. The summed E-state index contributed by atoms with van der Waals surface area (Å²) in [6.45, 7) is 5.97.